The van der Waals surface area contributed by atoms with Gasteiger partial charge in [0.1, 0.15) is 0 Å². The molecule has 3 rings (SSSR count). The molecule has 1 amide bonds. The quantitative estimate of drug-likeness (QED) is 0.804. The standard InChI is InChI=1S/C14H25N3O3S/c1-16(13(10-2-3-10)11-4-5-11)14(18)12-6-8-17(9-7-12)21(15,19)20/h10-13H,2-9H2,1H3,(H2,15,19,20). The predicted octanol–water partition coefficient (Wildman–Crippen LogP) is 0.549. The molecule has 6 nitrogen and oxygen atoms in total. The summed E-state index contributed by atoms with van der Waals surface area (Å²) in [6, 6.07) is 0.425. The van der Waals surface area contributed by atoms with Gasteiger partial charge in [0.25, 0.3) is 10.2 Å². The summed E-state index contributed by atoms with van der Waals surface area (Å²) < 4.78 is 23.9. The van der Waals surface area contributed by atoms with Crippen LogP contribution in [0, 0.1) is 17.8 Å². The molecule has 120 valence electrons. The van der Waals surface area contributed by atoms with E-state index in [1.54, 1.807) is 0 Å². The second kappa shape index (κ2) is 5.52. The molecule has 0 bridgehead atoms. The molecule has 21 heavy (non-hydrogen) atoms. The summed E-state index contributed by atoms with van der Waals surface area (Å²) in [5.41, 5.74) is 0. The SMILES string of the molecule is CN(C(=O)C1CCN(S(N)(=O)=O)CC1)C(C1CC1)C1CC1. The lowest BCUT2D eigenvalue weighted by Gasteiger charge is -2.35. The van der Waals surface area contributed by atoms with Gasteiger partial charge < -0.3 is 4.90 Å². The van der Waals surface area contributed by atoms with E-state index in [2.05, 4.69) is 0 Å². The molecular formula is C14H25N3O3S. The summed E-state index contributed by atoms with van der Waals surface area (Å²) in [5.74, 6) is 1.56. The summed E-state index contributed by atoms with van der Waals surface area (Å²) in [6.45, 7) is 0.723. The van der Waals surface area contributed by atoms with Gasteiger partial charge in [-0.3, -0.25) is 4.79 Å². The fourth-order valence-electron chi connectivity index (χ4n) is 3.68. The van der Waals surface area contributed by atoms with Crippen molar-refractivity contribution in [1.82, 2.24) is 9.21 Å². The van der Waals surface area contributed by atoms with E-state index in [0.29, 0.717) is 43.8 Å². The van der Waals surface area contributed by atoms with Crippen LogP contribution < -0.4 is 5.14 Å². The second-order valence-corrected chi connectivity index (χ2v) is 8.38. The Morgan fingerprint density at radius 3 is 1.95 bits per heavy atom. The van der Waals surface area contributed by atoms with Crippen molar-refractivity contribution in [3.8, 4) is 0 Å². The molecule has 1 aliphatic heterocycles. The van der Waals surface area contributed by atoms with E-state index in [0.717, 1.165) is 0 Å². The number of hydrogen-bond donors (Lipinski definition) is 1. The van der Waals surface area contributed by atoms with Crippen LogP contribution in [-0.4, -0.2) is 49.7 Å². The lowest BCUT2D eigenvalue weighted by Crippen LogP contribution is -2.48. The summed E-state index contributed by atoms with van der Waals surface area (Å²) in [7, 11) is -1.67. The van der Waals surface area contributed by atoms with Gasteiger partial charge in [0.05, 0.1) is 0 Å². The monoisotopic (exact) mass is 315 g/mol. The Kier molecular flexibility index (Phi) is 4.00. The average molecular weight is 315 g/mol. The van der Waals surface area contributed by atoms with Crippen LogP contribution in [0.1, 0.15) is 38.5 Å². The number of piperidine rings is 1. The third-order valence-electron chi connectivity index (χ3n) is 5.17. The number of amides is 1. The van der Waals surface area contributed by atoms with Gasteiger partial charge in [-0.15, -0.1) is 0 Å². The zero-order valence-electron chi connectivity index (χ0n) is 12.6. The normalized spacial score (nSPS) is 25.3. The van der Waals surface area contributed by atoms with Crippen LogP contribution in [0.25, 0.3) is 0 Å². The molecule has 0 aromatic carbocycles. The molecule has 1 saturated heterocycles. The fourth-order valence-corrected chi connectivity index (χ4v) is 4.40. The molecule has 1 heterocycles. The van der Waals surface area contributed by atoms with E-state index in [-0.39, 0.29) is 11.8 Å². The van der Waals surface area contributed by atoms with Crippen molar-refractivity contribution in [1.29, 1.82) is 0 Å². The molecular weight excluding hydrogens is 290 g/mol. The maximum absolute atomic E-state index is 12.7. The smallest absolute Gasteiger partial charge is 0.276 e. The van der Waals surface area contributed by atoms with Crippen LogP contribution in [0.4, 0.5) is 0 Å². The molecule has 2 saturated carbocycles. The lowest BCUT2D eigenvalue weighted by atomic mass is 9.95. The van der Waals surface area contributed by atoms with Crippen molar-refractivity contribution in [2.24, 2.45) is 22.9 Å². The predicted molar refractivity (Wildman–Crippen MR) is 79.4 cm³/mol. The molecule has 0 atom stereocenters. The lowest BCUT2D eigenvalue weighted by molar-refractivity contribution is -0.138. The Morgan fingerprint density at radius 1 is 1.10 bits per heavy atom. The largest absolute Gasteiger partial charge is 0.342 e. The first-order valence-corrected chi connectivity index (χ1v) is 9.43. The number of nitrogens with zero attached hydrogens (tertiary/aromatic N) is 2. The Bertz CT molecular complexity index is 494. The number of rotatable bonds is 5. The molecule has 0 spiro atoms. The van der Waals surface area contributed by atoms with E-state index in [4.69, 9.17) is 5.14 Å². The van der Waals surface area contributed by atoms with Crippen LogP contribution >= 0.6 is 0 Å². The van der Waals surface area contributed by atoms with Crippen LogP contribution in [0.5, 0.6) is 0 Å². The summed E-state index contributed by atoms with van der Waals surface area (Å²) in [5, 5.41) is 5.14. The van der Waals surface area contributed by atoms with Gasteiger partial charge in [0, 0.05) is 32.1 Å². The molecule has 0 aromatic heterocycles. The first kappa shape index (κ1) is 15.2. The molecule has 2 aliphatic carbocycles. The highest BCUT2D eigenvalue weighted by Gasteiger charge is 2.46. The molecule has 0 radical (unpaired) electrons. The topological polar surface area (TPSA) is 83.7 Å². The van der Waals surface area contributed by atoms with E-state index in [1.165, 1.54) is 30.0 Å². The van der Waals surface area contributed by atoms with Crippen molar-refractivity contribution in [2.75, 3.05) is 20.1 Å². The Hall–Kier alpha value is -0.660. The first-order valence-electron chi connectivity index (χ1n) is 7.92. The van der Waals surface area contributed by atoms with Gasteiger partial charge in [-0.1, -0.05) is 0 Å². The van der Waals surface area contributed by atoms with Gasteiger partial charge in [0.2, 0.25) is 5.91 Å². The summed E-state index contributed by atoms with van der Waals surface area (Å²) >= 11 is 0. The molecule has 3 fully saturated rings. The van der Waals surface area contributed by atoms with Crippen molar-refractivity contribution >= 4 is 16.1 Å². The van der Waals surface area contributed by atoms with Crippen molar-refractivity contribution in [3.05, 3.63) is 0 Å². The zero-order valence-corrected chi connectivity index (χ0v) is 13.4. The van der Waals surface area contributed by atoms with Gasteiger partial charge in [-0.25, -0.2) is 5.14 Å². The molecule has 2 N–H and O–H groups in total. The highest BCUT2D eigenvalue weighted by Crippen LogP contribution is 2.47. The minimum Gasteiger partial charge on any atom is -0.342 e. The third-order valence-corrected chi connectivity index (χ3v) is 6.25. The highest BCUT2D eigenvalue weighted by atomic mass is 32.2. The minimum absolute atomic E-state index is 0.0481. The fraction of sp³-hybridized carbons (Fsp3) is 0.929. The Morgan fingerprint density at radius 2 is 1.57 bits per heavy atom. The average Bonchev–Trinajstić information content (AvgIpc) is 3.31. The van der Waals surface area contributed by atoms with Crippen LogP contribution in [0.3, 0.4) is 0 Å². The Balaban J connectivity index is 1.58. The number of carbonyl (C=O) groups is 1. The second-order valence-electron chi connectivity index (χ2n) is 6.83. The van der Waals surface area contributed by atoms with Crippen molar-refractivity contribution in [3.63, 3.8) is 0 Å². The number of carbonyl (C=O) groups excluding carboxylic acids is 1. The van der Waals surface area contributed by atoms with Crippen LogP contribution in [-0.2, 0) is 15.0 Å². The zero-order chi connectivity index (χ0) is 15.2. The Labute approximate surface area is 126 Å². The van der Waals surface area contributed by atoms with Crippen LogP contribution in [0.15, 0.2) is 0 Å². The third kappa shape index (κ3) is 3.40. The van der Waals surface area contributed by atoms with Crippen LogP contribution in [0.2, 0.25) is 0 Å². The van der Waals surface area contributed by atoms with Crippen molar-refractivity contribution < 1.29 is 13.2 Å². The van der Waals surface area contributed by atoms with E-state index >= 15 is 0 Å². The minimum atomic E-state index is -3.61. The molecule has 7 heteroatoms. The van der Waals surface area contributed by atoms with Gasteiger partial charge in [-0.2, -0.15) is 12.7 Å². The number of hydrogen-bond acceptors (Lipinski definition) is 3. The molecule has 0 unspecified atom stereocenters. The number of nitrogens with two attached hydrogens (primary N) is 1. The van der Waals surface area contributed by atoms with Gasteiger partial charge >= 0.3 is 0 Å². The van der Waals surface area contributed by atoms with Gasteiger partial charge in [-0.05, 0) is 50.4 Å². The highest BCUT2D eigenvalue weighted by molar-refractivity contribution is 7.86. The molecule has 3 aliphatic rings. The van der Waals surface area contributed by atoms with Crippen molar-refractivity contribution in [2.45, 2.75) is 44.6 Å². The first-order chi connectivity index (χ1) is 9.88. The van der Waals surface area contributed by atoms with E-state index in [9.17, 15) is 13.2 Å². The summed E-state index contributed by atoms with van der Waals surface area (Å²) in [6.07, 6.45) is 6.18. The molecule has 0 aromatic rings. The van der Waals surface area contributed by atoms with E-state index in [1.807, 2.05) is 11.9 Å². The van der Waals surface area contributed by atoms with Gasteiger partial charge in [0.15, 0.2) is 0 Å². The summed E-state index contributed by atoms with van der Waals surface area (Å²) in [4.78, 5) is 14.7. The maximum atomic E-state index is 12.7. The van der Waals surface area contributed by atoms with E-state index < -0.39 is 10.2 Å². The maximum Gasteiger partial charge on any atom is 0.276 e.